The largest absolute Gasteiger partial charge is 0.493 e. The van der Waals surface area contributed by atoms with Gasteiger partial charge < -0.3 is 15.4 Å². The number of ketones is 1. The van der Waals surface area contributed by atoms with Crippen molar-refractivity contribution in [2.24, 2.45) is 5.41 Å². The molecule has 5 aromatic rings. The molecule has 2 unspecified atom stereocenters. The van der Waals surface area contributed by atoms with Crippen molar-refractivity contribution in [3.63, 3.8) is 0 Å². The highest BCUT2D eigenvalue weighted by atomic mass is 35.5. The predicted octanol–water partition coefficient (Wildman–Crippen LogP) is 8.02. The average molecular weight is 836 g/mol. The third-order valence-electron chi connectivity index (χ3n) is 11.6. The average Bonchev–Trinajstić information content (AvgIpc) is 3.48. The lowest BCUT2D eigenvalue weighted by Crippen LogP contribution is -2.51. The van der Waals surface area contributed by atoms with Gasteiger partial charge in [-0.3, -0.25) is 14.4 Å². The number of ether oxygens (including phenoxy) is 1. The topological polar surface area (TPSA) is 133 Å². The summed E-state index contributed by atoms with van der Waals surface area (Å²) in [5, 5.41) is 3.78. The molecular weight excluding hydrogens is 778 g/mol. The van der Waals surface area contributed by atoms with Crippen LogP contribution >= 0.6 is 11.6 Å². The van der Waals surface area contributed by atoms with E-state index in [1.54, 1.807) is 60.7 Å². The van der Waals surface area contributed by atoms with Gasteiger partial charge in [-0.25, -0.2) is 18.8 Å². The summed E-state index contributed by atoms with van der Waals surface area (Å²) in [6.45, 7) is 14.3. The zero-order valence-corrected chi connectivity index (χ0v) is 36.6. The standard InChI is InChI=1S/C48H58ClN5O6/c1-8-46(3,4)35-27-28-39(38(30-35)47(5,6)9-2)60-29-19-26-40(55)50-32-48(7,42(56)41(49)43(57)51-36-22-15-11-16-23-36)33-52-44(58)53(31-34-20-13-10-14-21-34)54(45(52)59)37-24-17-12-18-25-37/h10-18,20-25,27-28,30,41H,8-9,19,26,29,31-33H2,1-7H3,(H,50,55)(H,51,57). The van der Waals surface area contributed by atoms with Gasteiger partial charge in [-0.1, -0.05) is 120 Å². The summed E-state index contributed by atoms with van der Waals surface area (Å²) < 4.78 is 9.83. The molecule has 2 N–H and O–H groups in total. The first-order chi connectivity index (χ1) is 28.5. The van der Waals surface area contributed by atoms with Crippen LogP contribution in [0.5, 0.6) is 5.75 Å². The van der Waals surface area contributed by atoms with Crippen LogP contribution in [0.15, 0.2) is 119 Å². The van der Waals surface area contributed by atoms with Gasteiger partial charge in [-0.05, 0) is 78.5 Å². The zero-order chi connectivity index (χ0) is 43.7. The number of carbonyl (C=O) groups is 3. The fraction of sp³-hybridized carbons (Fsp3) is 0.396. The number of anilines is 1. The van der Waals surface area contributed by atoms with E-state index in [4.69, 9.17) is 16.3 Å². The van der Waals surface area contributed by atoms with E-state index in [1.807, 2.05) is 36.4 Å². The Kier molecular flexibility index (Phi) is 14.8. The molecule has 0 radical (unpaired) electrons. The molecule has 4 aromatic carbocycles. The first-order valence-electron chi connectivity index (χ1n) is 20.6. The van der Waals surface area contributed by atoms with Gasteiger partial charge in [-0.2, -0.15) is 4.68 Å². The number of halogens is 1. The van der Waals surface area contributed by atoms with Crippen molar-refractivity contribution in [1.82, 2.24) is 19.2 Å². The van der Waals surface area contributed by atoms with Crippen molar-refractivity contribution in [2.75, 3.05) is 18.5 Å². The SMILES string of the molecule is CCC(C)(C)c1ccc(OCCCC(=O)NCC(C)(Cn2c(=O)n(Cc3ccccc3)n(-c3ccccc3)c2=O)C(=O)C(Cl)C(=O)Nc2ccccc2)c(C(C)(C)CC)c1. The molecule has 318 valence electrons. The number of benzene rings is 4. The molecule has 2 amide bonds. The third-order valence-corrected chi connectivity index (χ3v) is 12.0. The monoisotopic (exact) mass is 835 g/mol. The van der Waals surface area contributed by atoms with Crippen LogP contribution in [0.4, 0.5) is 5.69 Å². The lowest BCUT2D eigenvalue weighted by molar-refractivity contribution is -0.132. The van der Waals surface area contributed by atoms with Gasteiger partial charge in [0.1, 0.15) is 5.75 Å². The summed E-state index contributed by atoms with van der Waals surface area (Å²) in [6, 6.07) is 32.9. The van der Waals surface area contributed by atoms with Crippen LogP contribution in [0.2, 0.25) is 0 Å². The van der Waals surface area contributed by atoms with E-state index in [0.29, 0.717) is 17.8 Å². The van der Waals surface area contributed by atoms with Crippen molar-refractivity contribution in [3.8, 4) is 11.4 Å². The predicted molar refractivity (Wildman–Crippen MR) is 238 cm³/mol. The molecule has 2 atom stereocenters. The molecule has 0 saturated heterocycles. The summed E-state index contributed by atoms with van der Waals surface area (Å²) in [5.74, 6) is -1.14. The molecule has 0 aliphatic rings. The molecule has 60 heavy (non-hydrogen) atoms. The number of carbonyl (C=O) groups excluding carboxylic acids is 3. The highest BCUT2D eigenvalue weighted by Gasteiger charge is 2.42. The zero-order valence-electron chi connectivity index (χ0n) is 35.8. The van der Waals surface area contributed by atoms with Crippen LogP contribution in [0.25, 0.3) is 5.69 Å². The number of hydrogen-bond donors (Lipinski definition) is 2. The Hall–Kier alpha value is -5.68. The maximum atomic E-state index is 14.4. The minimum absolute atomic E-state index is 0.0123. The smallest absolute Gasteiger partial charge is 0.351 e. The fourth-order valence-electron chi connectivity index (χ4n) is 6.89. The van der Waals surface area contributed by atoms with E-state index in [2.05, 4.69) is 64.3 Å². The van der Waals surface area contributed by atoms with Crippen LogP contribution in [0.1, 0.15) is 90.8 Å². The highest BCUT2D eigenvalue weighted by molar-refractivity contribution is 6.43. The van der Waals surface area contributed by atoms with E-state index in [9.17, 15) is 24.0 Å². The summed E-state index contributed by atoms with van der Waals surface area (Å²) in [4.78, 5) is 69.6. The molecule has 1 aromatic heterocycles. The highest BCUT2D eigenvalue weighted by Crippen LogP contribution is 2.38. The summed E-state index contributed by atoms with van der Waals surface area (Å²) in [7, 11) is 0. The molecule has 0 aliphatic carbocycles. The number of amides is 2. The van der Waals surface area contributed by atoms with Gasteiger partial charge in [0.15, 0.2) is 11.2 Å². The van der Waals surface area contributed by atoms with Gasteiger partial charge in [0.25, 0.3) is 0 Å². The summed E-state index contributed by atoms with van der Waals surface area (Å²) in [5.41, 5.74) is 0.856. The number of nitrogens with zero attached hydrogens (tertiary/aromatic N) is 3. The van der Waals surface area contributed by atoms with E-state index in [1.165, 1.54) is 21.9 Å². The van der Waals surface area contributed by atoms with Crippen LogP contribution < -0.4 is 26.7 Å². The van der Waals surface area contributed by atoms with Crippen LogP contribution in [0, 0.1) is 5.41 Å². The number of aromatic nitrogens is 3. The first kappa shape index (κ1) is 45.4. The lowest BCUT2D eigenvalue weighted by atomic mass is 9.76. The second-order valence-electron chi connectivity index (χ2n) is 16.9. The van der Waals surface area contributed by atoms with Crippen molar-refractivity contribution < 1.29 is 19.1 Å². The molecule has 0 bridgehead atoms. The van der Waals surface area contributed by atoms with Gasteiger partial charge in [0, 0.05) is 30.8 Å². The fourth-order valence-corrected chi connectivity index (χ4v) is 7.21. The Morgan fingerprint density at radius 3 is 1.98 bits per heavy atom. The Balaban J connectivity index is 1.38. The van der Waals surface area contributed by atoms with Crippen LogP contribution in [-0.4, -0.2) is 50.1 Å². The van der Waals surface area contributed by atoms with E-state index in [0.717, 1.165) is 34.3 Å². The van der Waals surface area contributed by atoms with Gasteiger partial charge in [0.2, 0.25) is 11.8 Å². The molecule has 12 heteroatoms. The number of Topliss-reactive ketones (excluding diaryl/α,β-unsaturated/α-hetero) is 1. The molecule has 5 rings (SSSR count). The van der Waals surface area contributed by atoms with Crippen molar-refractivity contribution >= 4 is 34.9 Å². The number of para-hydroxylation sites is 2. The first-order valence-corrected chi connectivity index (χ1v) is 21.1. The van der Waals surface area contributed by atoms with Crippen molar-refractivity contribution in [3.05, 3.63) is 147 Å². The molecule has 0 fully saturated rings. The molecule has 11 nitrogen and oxygen atoms in total. The second kappa shape index (κ2) is 19.6. The number of rotatable bonds is 20. The van der Waals surface area contributed by atoms with Gasteiger partial charge in [0.05, 0.1) is 24.3 Å². The Labute approximate surface area is 357 Å². The summed E-state index contributed by atoms with van der Waals surface area (Å²) >= 11 is 6.61. The van der Waals surface area contributed by atoms with Crippen molar-refractivity contribution in [1.29, 1.82) is 0 Å². The van der Waals surface area contributed by atoms with E-state index in [-0.39, 0.29) is 42.9 Å². The molecule has 0 saturated carbocycles. The molecule has 0 spiro atoms. The minimum Gasteiger partial charge on any atom is -0.493 e. The van der Waals surface area contributed by atoms with Crippen LogP contribution in [0.3, 0.4) is 0 Å². The maximum absolute atomic E-state index is 14.4. The maximum Gasteiger partial charge on any atom is 0.351 e. The molecule has 0 aliphatic heterocycles. The van der Waals surface area contributed by atoms with Gasteiger partial charge in [-0.15, -0.1) is 11.6 Å². The number of hydrogen-bond acceptors (Lipinski definition) is 6. The third kappa shape index (κ3) is 10.7. The second-order valence-corrected chi connectivity index (χ2v) is 17.3. The molecular formula is C48H58ClN5O6. The van der Waals surface area contributed by atoms with Crippen LogP contribution in [-0.2, 0) is 38.3 Å². The molecule has 1 heterocycles. The van der Waals surface area contributed by atoms with Gasteiger partial charge >= 0.3 is 11.4 Å². The van der Waals surface area contributed by atoms with Crippen molar-refractivity contribution in [2.45, 2.75) is 103 Å². The summed E-state index contributed by atoms with van der Waals surface area (Å²) in [6.07, 6.45) is 2.37. The van der Waals surface area contributed by atoms with E-state index < -0.39 is 40.4 Å². The quantitative estimate of drug-likeness (QED) is 0.0464. The number of alkyl halides is 1. The normalized spacial score (nSPS) is 13.3. The Bertz CT molecular complexity index is 2370. The Morgan fingerprint density at radius 1 is 0.767 bits per heavy atom. The minimum atomic E-state index is -1.71. The lowest BCUT2D eigenvalue weighted by Gasteiger charge is -2.30. The van der Waals surface area contributed by atoms with E-state index >= 15 is 0 Å². The number of nitrogens with one attached hydrogen (secondary N) is 2. The Morgan fingerprint density at radius 2 is 1.37 bits per heavy atom.